The van der Waals surface area contributed by atoms with Crippen molar-refractivity contribution in [2.45, 2.75) is 37.6 Å². The van der Waals surface area contributed by atoms with Crippen LogP contribution in [0, 0.1) is 0 Å². The highest BCUT2D eigenvalue weighted by molar-refractivity contribution is 7.96. The Kier molecular flexibility index (Phi) is 10.4. The summed E-state index contributed by atoms with van der Waals surface area (Å²) >= 11 is 5.11. The highest BCUT2D eigenvalue weighted by atomic mass is 32.1. The Bertz CT molecular complexity index is 1510. The lowest BCUT2D eigenvalue weighted by molar-refractivity contribution is -0.139. The Morgan fingerprint density at radius 2 is 1.73 bits per heavy atom. The van der Waals surface area contributed by atoms with E-state index in [1.165, 1.54) is 11.3 Å². The summed E-state index contributed by atoms with van der Waals surface area (Å²) in [6.45, 7) is 0.402. The third-order valence-electron chi connectivity index (χ3n) is 6.17. The van der Waals surface area contributed by atoms with E-state index in [4.69, 9.17) is 9.84 Å². The summed E-state index contributed by atoms with van der Waals surface area (Å²) < 4.78 is 5.77. The number of carboxylic acid groups (broad SMARTS) is 1. The van der Waals surface area contributed by atoms with E-state index in [0.717, 1.165) is 15.9 Å². The lowest BCUT2D eigenvalue weighted by atomic mass is 9.98. The molecule has 0 bridgehead atoms. The van der Waals surface area contributed by atoms with E-state index in [1.54, 1.807) is 30.5 Å². The van der Waals surface area contributed by atoms with Crippen LogP contribution in [0.4, 0.5) is 0 Å². The quantitative estimate of drug-likeness (QED) is 0.123. The molecule has 3 N–H and O–H groups in total. The van der Waals surface area contributed by atoms with Crippen molar-refractivity contribution in [3.8, 4) is 11.6 Å². The highest BCUT2D eigenvalue weighted by Crippen LogP contribution is 2.27. The Balaban J connectivity index is 1.25. The average molecular weight is 593 g/mol. The van der Waals surface area contributed by atoms with Gasteiger partial charge in [0.1, 0.15) is 11.8 Å². The molecule has 4 rings (SSSR count). The van der Waals surface area contributed by atoms with Crippen LogP contribution in [-0.4, -0.2) is 50.6 Å². The van der Waals surface area contributed by atoms with Gasteiger partial charge < -0.3 is 20.5 Å². The van der Waals surface area contributed by atoms with Crippen LogP contribution < -0.4 is 15.4 Å². The monoisotopic (exact) mass is 592 g/mol. The van der Waals surface area contributed by atoms with E-state index >= 15 is 0 Å². The van der Waals surface area contributed by atoms with Crippen LogP contribution >= 0.6 is 24.0 Å². The molecule has 0 spiro atoms. The molecule has 41 heavy (non-hydrogen) atoms. The van der Waals surface area contributed by atoms with Crippen LogP contribution in [0.2, 0.25) is 0 Å². The van der Waals surface area contributed by atoms with Crippen molar-refractivity contribution < 1.29 is 29.0 Å². The Morgan fingerprint density at radius 1 is 0.976 bits per heavy atom. The fourth-order valence-electron chi connectivity index (χ4n) is 4.10. The molecule has 212 valence electrons. The van der Waals surface area contributed by atoms with E-state index in [1.807, 2.05) is 41.8 Å². The zero-order valence-corrected chi connectivity index (χ0v) is 23.6. The van der Waals surface area contributed by atoms with Crippen molar-refractivity contribution in [3.05, 3.63) is 82.7 Å². The van der Waals surface area contributed by atoms with Gasteiger partial charge in [-0.1, -0.05) is 24.6 Å². The summed E-state index contributed by atoms with van der Waals surface area (Å²) in [4.78, 5) is 57.8. The summed E-state index contributed by atoms with van der Waals surface area (Å²) in [7, 11) is 0. The maximum Gasteiger partial charge on any atom is 0.305 e. The molecular formula is C29H28N4O6S2. The smallest absolute Gasteiger partial charge is 0.305 e. The summed E-state index contributed by atoms with van der Waals surface area (Å²) in [5.41, 5.74) is 1.96. The Hall–Kier alpha value is -4.29. The van der Waals surface area contributed by atoms with Gasteiger partial charge in [-0.25, -0.2) is 9.97 Å². The van der Waals surface area contributed by atoms with Gasteiger partial charge in [0.2, 0.25) is 16.9 Å². The van der Waals surface area contributed by atoms with Gasteiger partial charge in [-0.3, -0.25) is 19.2 Å². The highest BCUT2D eigenvalue weighted by Gasteiger charge is 2.27. The first-order chi connectivity index (χ1) is 19.8. The van der Waals surface area contributed by atoms with Crippen LogP contribution in [0.5, 0.6) is 11.6 Å². The van der Waals surface area contributed by atoms with E-state index in [9.17, 15) is 19.2 Å². The van der Waals surface area contributed by atoms with Crippen molar-refractivity contribution in [2.75, 3.05) is 6.54 Å². The second-order valence-electron chi connectivity index (χ2n) is 9.14. The summed E-state index contributed by atoms with van der Waals surface area (Å²) in [5.74, 6) is -1.54. The fraction of sp³-hybridized carbons (Fsp3) is 0.241. The van der Waals surface area contributed by atoms with Crippen LogP contribution in [-0.2, 0) is 14.4 Å². The molecule has 0 fully saturated rings. The number of nitrogens with one attached hydrogen (secondary N) is 2. The Morgan fingerprint density at radius 3 is 2.41 bits per heavy atom. The van der Waals surface area contributed by atoms with E-state index < -0.39 is 35.4 Å². The lowest BCUT2D eigenvalue weighted by Gasteiger charge is -2.19. The minimum atomic E-state index is -1.21. The molecule has 0 radical (unpaired) electrons. The molecule has 0 aliphatic heterocycles. The SMILES string of the molecule is O=C(O)C[C@H](NC(=O)[C@@H](CCCCNC(=O)c1ccc(Oc2cnc3ccccc3n2)cc1)c1cccs1)C(=O)S. The summed E-state index contributed by atoms with van der Waals surface area (Å²) in [6.07, 6.45) is 2.71. The van der Waals surface area contributed by atoms with Gasteiger partial charge in [0.05, 0.1) is 29.6 Å². The number of hydrogen-bond donors (Lipinski definition) is 4. The molecule has 0 saturated carbocycles. The van der Waals surface area contributed by atoms with Crippen LogP contribution in [0.15, 0.2) is 72.2 Å². The number of thiol groups is 1. The number of benzene rings is 2. The maximum atomic E-state index is 12.9. The summed E-state index contributed by atoms with van der Waals surface area (Å²) in [5, 5.41) is 15.5. The standard InChI is InChI=1S/C29H28N4O6S2/c34-26(35)16-23(29(38)40)33-28(37)20(24-9-5-15-41-24)6-3-4-14-30-27(36)18-10-12-19(13-11-18)39-25-17-31-21-7-1-2-8-22(21)32-25/h1-2,5,7-13,15,17,20,23H,3-4,6,14,16H2,(H,30,36)(H,33,37)(H,34,35)(H,38,40)/t20-,23-/m0/s1. The first-order valence-corrected chi connectivity index (χ1v) is 14.2. The molecular weight excluding hydrogens is 564 g/mol. The molecule has 4 aromatic rings. The second-order valence-corrected chi connectivity index (χ2v) is 10.6. The largest absolute Gasteiger partial charge is 0.481 e. The van der Waals surface area contributed by atoms with E-state index in [-0.39, 0.29) is 5.91 Å². The number of fused-ring (bicyclic) bond motifs is 1. The lowest BCUT2D eigenvalue weighted by Crippen LogP contribution is -2.42. The number of carbonyl (C=O) groups is 4. The van der Waals surface area contributed by atoms with Crippen molar-refractivity contribution >= 4 is 57.9 Å². The van der Waals surface area contributed by atoms with Gasteiger partial charge in [-0.2, -0.15) is 0 Å². The first kappa shape index (κ1) is 29.7. The number of carbonyl (C=O) groups excluding carboxylic acids is 3. The summed E-state index contributed by atoms with van der Waals surface area (Å²) in [6, 6.07) is 16.6. The van der Waals surface area contributed by atoms with Gasteiger partial charge in [0, 0.05) is 17.0 Å². The number of carboxylic acids is 1. The average Bonchev–Trinajstić information content (AvgIpc) is 3.49. The zero-order chi connectivity index (χ0) is 29.2. The number of amides is 2. The van der Waals surface area contributed by atoms with Gasteiger partial charge in [-0.15, -0.1) is 24.0 Å². The third kappa shape index (κ3) is 8.60. The predicted octanol–water partition coefficient (Wildman–Crippen LogP) is 4.58. The topological polar surface area (TPSA) is 148 Å². The third-order valence-corrected chi connectivity index (χ3v) is 7.46. The number of para-hydroxylation sites is 2. The minimum Gasteiger partial charge on any atom is -0.481 e. The number of nitrogens with zero attached hydrogens (tertiary/aromatic N) is 2. The number of rotatable bonds is 14. The molecule has 0 saturated heterocycles. The molecule has 2 amide bonds. The van der Waals surface area contributed by atoms with Crippen molar-refractivity contribution in [3.63, 3.8) is 0 Å². The molecule has 0 aliphatic rings. The van der Waals surface area contributed by atoms with Crippen LogP contribution in [0.25, 0.3) is 11.0 Å². The molecule has 2 aromatic heterocycles. The molecule has 2 aromatic carbocycles. The Labute approximate surface area is 245 Å². The molecule has 12 heteroatoms. The number of aromatic nitrogens is 2. The van der Waals surface area contributed by atoms with Gasteiger partial charge in [0.15, 0.2) is 0 Å². The molecule has 2 heterocycles. The first-order valence-electron chi connectivity index (χ1n) is 12.9. The van der Waals surface area contributed by atoms with Gasteiger partial charge in [0.25, 0.3) is 5.91 Å². The minimum absolute atomic E-state index is 0.238. The van der Waals surface area contributed by atoms with E-state index in [0.29, 0.717) is 43.0 Å². The number of thiophene rings is 1. The fourth-order valence-corrected chi connectivity index (χ4v) is 5.12. The van der Waals surface area contributed by atoms with Crippen molar-refractivity contribution in [2.24, 2.45) is 0 Å². The molecule has 0 unspecified atom stereocenters. The molecule has 10 nitrogen and oxygen atoms in total. The number of hydrogen-bond acceptors (Lipinski definition) is 8. The number of unbranched alkanes of at least 4 members (excludes halogenated alkanes) is 1. The normalized spacial score (nSPS) is 12.3. The number of aliphatic carboxylic acids is 1. The van der Waals surface area contributed by atoms with Crippen LogP contribution in [0.1, 0.15) is 46.8 Å². The van der Waals surface area contributed by atoms with Crippen molar-refractivity contribution in [1.82, 2.24) is 20.6 Å². The van der Waals surface area contributed by atoms with E-state index in [2.05, 4.69) is 33.2 Å². The van der Waals surface area contributed by atoms with Crippen LogP contribution in [0.3, 0.4) is 0 Å². The zero-order valence-electron chi connectivity index (χ0n) is 21.9. The van der Waals surface area contributed by atoms with Gasteiger partial charge >= 0.3 is 5.97 Å². The maximum absolute atomic E-state index is 12.9. The molecule has 2 atom stereocenters. The predicted molar refractivity (Wildman–Crippen MR) is 157 cm³/mol. The van der Waals surface area contributed by atoms with Crippen molar-refractivity contribution in [1.29, 1.82) is 0 Å². The number of ether oxygens (including phenoxy) is 1. The molecule has 0 aliphatic carbocycles. The van der Waals surface area contributed by atoms with Gasteiger partial charge in [-0.05, 0) is 60.7 Å². The second kappa shape index (κ2) is 14.4.